The fraction of sp³-hybridized carbons (Fsp3) is 0.125. The molecule has 3 rings (SSSR count). The van der Waals surface area contributed by atoms with Crippen LogP contribution in [0.3, 0.4) is 0 Å². The van der Waals surface area contributed by atoms with Crippen molar-refractivity contribution < 1.29 is 19.4 Å². The number of carbonyl (C=O) groups is 1. The smallest absolute Gasteiger partial charge is 0.274 e. The number of nitro groups is 2. The van der Waals surface area contributed by atoms with Gasteiger partial charge in [-0.2, -0.15) is 0 Å². The number of rotatable bonds is 5. The maximum atomic E-state index is 12.4. The third-order valence-electron chi connectivity index (χ3n) is 3.75. The van der Waals surface area contributed by atoms with Crippen molar-refractivity contribution in [1.29, 1.82) is 0 Å². The molecule has 3 aromatic rings. The third kappa shape index (κ3) is 3.53. The average molecular weight is 388 g/mol. The number of fused-ring (bicyclic) bond motifs is 1. The Morgan fingerprint density at radius 2 is 1.93 bits per heavy atom. The molecule has 0 radical (unpaired) electrons. The number of hydrogen-bond donors (Lipinski definition) is 1. The quantitative estimate of drug-likeness (QED) is 0.519. The molecule has 1 heterocycles. The van der Waals surface area contributed by atoms with E-state index in [1.807, 2.05) is 0 Å². The number of nitro benzene ring substituents is 2. The lowest BCUT2D eigenvalue weighted by atomic mass is 10.1. The second-order valence-corrected chi connectivity index (χ2v) is 6.51. The monoisotopic (exact) mass is 388 g/mol. The first kappa shape index (κ1) is 18.2. The standard InChI is InChI=1S/C16H12N4O6S/c1-8-5-9(3-4-11(8)20(24)25)15(21)18-16-17-14-12(26-2)6-10(19(22)23)7-13(14)27-16/h3-7H,1-2H3,(H,17,18,21). The largest absolute Gasteiger partial charge is 0.494 e. The Morgan fingerprint density at radius 1 is 1.19 bits per heavy atom. The summed E-state index contributed by atoms with van der Waals surface area (Å²) in [5.41, 5.74) is 0.753. The maximum Gasteiger partial charge on any atom is 0.274 e. The van der Waals surface area contributed by atoms with E-state index in [-0.39, 0.29) is 27.8 Å². The van der Waals surface area contributed by atoms with Crippen LogP contribution in [0.15, 0.2) is 30.3 Å². The van der Waals surface area contributed by atoms with Crippen LogP contribution in [-0.2, 0) is 0 Å². The van der Waals surface area contributed by atoms with Gasteiger partial charge in [0.1, 0.15) is 5.52 Å². The summed E-state index contributed by atoms with van der Waals surface area (Å²) in [5.74, 6) is -0.275. The Balaban J connectivity index is 1.92. The van der Waals surface area contributed by atoms with Crippen molar-refractivity contribution in [2.24, 2.45) is 0 Å². The summed E-state index contributed by atoms with van der Waals surface area (Å²) in [7, 11) is 1.37. The Hall–Kier alpha value is -3.60. The molecule has 1 aromatic heterocycles. The fourth-order valence-corrected chi connectivity index (χ4v) is 3.38. The van der Waals surface area contributed by atoms with E-state index in [0.29, 0.717) is 15.8 Å². The molecule has 0 spiro atoms. The normalized spacial score (nSPS) is 10.6. The number of aryl methyl sites for hydroxylation is 1. The molecule has 1 amide bonds. The summed E-state index contributed by atoms with van der Waals surface area (Å²) in [6, 6.07) is 6.62. The summed E-state index contributed by atoms with van der Waals surface area (Å²) in [6.45, 7) is 1.54. The van der Waals surface area contributed by atoms with Crippen LogP contribution in [0.1, 0.15) is 15.9 Å². The first-order chi connectivity index (χ1) is 12.8. The van der Waals surface area contributed by atoms with Gasteiger partial charge in [-0.1, -0.05) is 11.3 Å². The van der Waals surface area contributed by atoms with Gasteiger partial charge in [0, 0.05) is 23.3 Å². The number of methoxy groups -OCH3 is 1. The second kappa shape index (κ2) is 6.96. The Morgan fingerprint density at radius 3 is 2.52 bits per heavy atom. The van der Waals surface area contributed by atoms with E-state index in [2.05, 4.69) is 10.3 Å². The molecule has 0 saturated heterocycles. The van der Waals surface area contributed by atoms with Crippen molar-refractivity contribution in [3.05, 3.63) is 61.7 Å². The molecule has 0 atom stereocenters. The minimum atomic E-state index is -0.542. The summed E-state index contributed by atoms with van der Waals surface area (Å²) >= 11 is 1.06. The van der Waals surface area contributed by atoms with E-state index in [0.717, 1.165) is 11.3 Å². The second-order valence-electron chi connectivity index (χ2n) is 5.48. The van der Waals surface area contributed by atoms with Crippen LogP contribution in [0, 0.1) is 27.2 Å². The number of non-ortho nitro benzene ring substituents is 1. The summed E-state index contributed by atoms with van der Waals surface area (Å²) in [4.78, 5) is 37.5. The van der Waals surface area contributed by atoms with Crippen molar-refractivity contribution >= 4 is 44.0 Å². The Bertz CT molecular complexity index is 1090. The average Bonchev–Trinajstić information content (AvgIpc) is 3.02. The Labute approximate surface area is 155 Å². The molecular formula is C16H12N4O6S. The van der Waals surface area contributed by atoms with E-state index in [1.54, 1.807) is 0 Å². The predicted molar refractivity (Wildman–Crippen MR) is 98.6 cm³/mol. The zero-order chi connectivity index (χ0) is 19.7. The van der Waals surface area contributed by atoms with Gasteiger partial charge < -0.3 is 4.74 Å². The highest BCUT2D eigenvalue weighted by atomic mass is 32.1. The molecule has 11 heteroatoms. The maximum absolute atomic E-state index is 12.4. The molecular weight excluding hydrogens is 376 g/mol. The van der Waals surface area contributed by atoms with Crippen molar-refractivity contribution in [2.45, 2.75) is 6.92 Å². The van der Waals surface area contributed by atoms with E-state index in [9.17, 15) is 25.0 Å². The number of aromatic nitrogens is 1. The van der Waals surface area contributed by atoms with E-state index in [4.69, 9.17) is 4.74 Å². The topological polar surface area (TPSA) is 138 Å². The van der Waals surface area contributed by atoms with Crippen molar-refractivity contribution in [3.8, 4) is 5.75 Å². The van der Waals surface area contributed by atoms with Crippen LogP contribution < -0.4 is 10.1 Å². The molecule has 27 heavy (non-hydrogen) atoms. The Kier molecular flexibility index (Phi) is 4.69. The van der Waals surface area contributed by atoms with Gasteiger partial charge in [-0.05, 0) is 19.1 Å². The first-order valence-electron chi connectivity index (χ1n) is 7.49. The number of hydrogen-bond acceptors (Lipinski definition) is 8. The molecule has 10 nitrogen and oxygen atoms in total. The highest BCUT2D eigenvalue weighted by Gasteiger charge is 2.19. The molecule has 2 aromatic carbocycles. The van der Waals surface area contributed by atoms with Crippen molar-refractivity contribution in [3.63, 3.8) is 0 Å². The number of nitrogens with one attached hydrogen (secondary N) is 1. The predicted octanol–water partition coefficient (Wildman–Crippen LogP) is 3.68. The number of ether oxygens (including phenoxy) is 1. The molecule has 138 valence electrons. The fourth-order valence-electron chi connectivity index (χ4n) is 2.47. The lowest BCUT2D eigenvalue weighted by molar-refractivity contribution is -0.385. The van der Waals surface area contributed by atoms with E-state index in [1.165, 1.54) is 44.4 Å². The highest BCUT2D eigenvalue weighted by molar-refractivity contribution is 7.22. The van der Waals surface area contributed by atoms with Gasteiger partial charge in [0.05, 0.1) is 27.7 Å². The number of carbonyl (C=O) groups excluding carboxylic acids is 1. The summed E-state index contributed by atoms with van der Waals surface area (Å²) in [5, 5.41) is 24.7. The van der Waals surface area contributed by atoms with E-state index >= 15 is 0 Å². The van der Waals surface area contributed by atoms with Crippen LogP contribution in [-0.4, -0.2) is 27.8 Å². The number of nitrogens with zero attached hydrogens (tertiary/aromatic N) is 3. The minimum absolute atomic E-state index is 0.0800. The number of benzene rings is 2. The zero-order valence-electron chi connectivity index (χ0n) is 14.1. The molecule has 0 aliphatic heterocycles. The van der Waals surface area contributed by atoms with Gasteiger partial charge in [0.15, 0.2) is 10.9 Å². The third-order valence-corrected chi connectivity index (χ3v) is 4.67. The van der Waals surface area contributed by atoms with Gasteiger partial charge in [-0.15, -0.1) is 0 Å². The molecule has 0 saturated carbocycles. The van der Waals surface area contributed by atoms with Gasteiger partial charge in [0.2, 0.25) is 0 Å². The van der Waals surface area contributed by atoms with Crippen molar-refractivity contribution in [2.75, 3.05) is 12.4 Å². The lowest BCUT2D eigenvalue weighted by Crippen LogP contribution is -2.12. The van der Waals surface area contributed by atoms with Crippen LogP contribution in [0.5, 0.6) is 5.75 Å². The first-order valence-corrected chi connectivity index (χ1v) is 8.31. The molecule has 0 bridgehead atoms. The SMILES string of the molecule is COc1cc([N+](=O)[O-])cc2sc(NC(=O)c3ccc([N+](=O)[O-])c(C)c3)nc12. The zero-order valence-corrected chi connectivity index (χ0v) is 14.9. The highest BCUT2D eigenvalue weighted by Crippen LogP contribution is 2.36. The van der Waals surface area contributed by atoms with E-state index < -0.39 is 15.8 Å². The summed E-state index contributed by atoms with van der Waals surface area (Å²) < 4.78 is 5.62. The van der Waals surface area contributed by atoms with Crippen molar-refractivity contribution in [1.82, 2.24) is 4.98 Å². The van der Waals surface area contributed by atoms with Crippen LogP contribution in [0.25, 0.3) is 10.2 Å². The minimum Gasteiger partial charge on any atom is -0.494 e. The van der Waals surface area contributed by atoms with Gasteiger partial charge in [0.25, 0.3) is 17.3 Å². The summed E-state index contributed by atoms with van der Waals surface area (Å²) in [6.07, 6.45) is 0. The van der Waals surface area contributed by atoms with Crippen LogP contribution >= 0.6 is 11.3 Å². The number of thiazole rings is 1. The lowest BCUT2D eigenvalue weighted by Gasteiger charge is -2.03. The molecule has 1 N–H and O–H groups in total. The molecule has 0 aliphatic carbocycles. The molecule has 0 fully saturated rings. The molecule has 0 aliphatic rings. The van der Waals surface area contributed by atoms with Gasteiger partial charge in [-0.25, -0.2) is 4.98 Å². The van der Waals surface area contributed by atoms with Crippen LogP contribution in [0.2, 0.25) is 0 Å². The number of anilines is 1. The molecule has 0 unspecified atom stereocenters. The van der Waals surface area contributed by atoms with Gasteiger partial charge >= 0.3 is 0 Å². The van der Waals surface area contributed by atoms with Gasteiger partial charge in [-0.3, -0.25) is 30.3 Å². The number of amides is 1. The van der Waals surface area contributed by atoms with Crippen LogP contribution in [0.4, 0.5) is 16.5 Å².